The Bertz CT molecular complexity index is 555. The van der Waals surface area contributed by atoms with E-state index in [2.05, 4.69) is 9.72 Å². The molecule has 0 bridgehead atoms. The number of benzene rings is 1. The van der Waals surface area contributed by atoms with Gasteiger partial charge in [0, 0.05) is 17.8 Å². The number of rotatable bonds is 4. The standard InChI is InChI=1S/C15H14F3NO/c1-11(14-7-2-3-8-19-14)9-12-5-4-6-13(10-12)20-15(16,17)18/h2-8,10-11H,9H2,1H3. The first-order valence-corrected chi connectivity index (χ1v) is 6.19. The second-order valence-corrected chi connectivity index (χ2v) is 4.55. The highest BCUT2D eigenvalue weighted by molar-refractivity contribution is 5.30. The molecule has 0 aliphatic heterocycles. The van der Waals surface area contributed by atoms with E-state index in [1.54, 1.807) is 18.3 Å². The van der Waals surface area contributed by atoms with E-state index >= 15 is 0 Å². The normalized spacial score (nSPS) is 13.0. The zero-order chi connectivity index (χ0) is 14.6. The number of hydrogen-bond donors (Lipinski definition) is 0. The number of nitrogens with zero attached hydrogens (tertiary/aromatic N) is 1. The maximum Gasteiger partial charge on any atom is 0.573 e. The molecule has 1 aromatic heterocycles. The lowest BCUT2D eigenvalue weighted by Gasteiger charge is -2.13. The van der Waals surface area contributed by atoms with Gasteiger partial charge in [-0.1, -0.05) is 25.1 Å². The van der Waals surface area contributed by atoms with Crippen molar-refractivity contribution in [1.29, 1.82) is 0 Å². The van der Waals surface area contributed by atoms with Crippen molar-refractivity contribution in [3.63, 3.8) is 0 Å². The summed E-state index contributed by atoms with van der Waals surface area (Å²) in [6, 6.07) is 11.7. The molecule has 106 valence electrons. The topological polar surface area (TPSA) is 22.1 Å². The quantitative estimate of drug-likeness (QED) is 0.832. The van der Waals surface area contributed by atoms with Gasteiger partial charge < -0.3 is 4.74 Å². The van der Waals surface area contributed by atoms with Gasteiger partial charge in [0.25, 0.3) is 0 Å². The summed E-state index contributed by atoms with van der Waals surface area (Å²) in [6.07, 6.45) is -2.35. The molecule has 5 heteroatoms. The fourth-order valence-electron chi connectivity index (χ4n) is 2.00. The van der Waals surface area contributed by atoms with Crippen molar-refractivity contribution in [3.05, 3.63) is 59.9 Å². The van der Waals surface area contributed by atoms with Crippen molar-refractivity contribution < 1.29 is 17.9 Å². The van der Waals surface area contributed by atoms with Gasteiger partial charge >= 0.3 is 6.36 Å². The van der Waals surface area contributed by atoms with Crippen molar-refractivity contribution in [2.75, 3.05) is 0 Å². The molecule has 2 rings (SSSR count). The van der Waals surface area contributed by atoms with Gasteiger partial charge in [-0.25, -0.2) is 0 Å². The molecule has 0 spiro atoms. The maximum atomic E-state index is 12.2. The fourth-order valence-corrected chi connectivity index (χ4v) is 2.00. The average molecular weight is 281 g/mol. The largest absolute Gasteiger partial charge is 0.573 e. The van der Waals surface area contributed by atoms with Gasteiger partial charge in [-0.2, -0.15) is 0 Å². The highest BCUT2D eigenvalue weighted by Gasteiger charge is 2.31. The van der Waals surface area contributed by atoms with Gasteiger partial charge in [0.1, 0.15) is 5.75 Å². The highest BCUT2D eigenvalue weighted by Crippen LogP contribution is 2.25. The SMILES string of the molecule is CC(Cc1cccc(OC(F)(F)F)c1)c1ccccn1. The van der Waals surface area contributed by atoms with Gasteiger partial charge in [-0.05, 0) is 36.2 Å². The van der Waals surface area contributed by atoms with Crippen LogP contribution in [0.15, 0.2) is 48.7 Å². The van der Waals surface area contributed by atoms with Crippen LogP contribution in [0.2, 0.25) is 0 Å². The summed E-state index contributed by atoms with van der Waals surface area (Å²) in [7, 11) is 0. The monoisotopic (exact) mass is 281 g/mol. The van der Waals surface area contributed by atoms with E-state index in [4.69, 9.17) is 0 Å². The molecule has 0 saturated carbocycles. The van der Waals surface area contributed by atoms with E-state index in [-0.39, 0.29) is 11.7 Å². The smallest absolute Gasteiger partial charge is 0.406 e. The third kappa shape index (κ3) is 4.26. The lowest BCUT2D eigenvalue weighted by atomic mass is 9.97. The number of halogens is 3. The average Bonchev–Trinajstić information content (AvgIpc) is 2.38. The lowest BCUT2D eigenvalue weighted by molar-refractivity contribution is -0.274. The minimum absolute atomic E-state index is 0.123. The van der Waals surface area contributed by atoms with Gasteiger partial charge in [0.05, 0.1) is 0 Å². The molecule has 1 atom stereocenters. The summed E-state index contributed by atoms with van der Waals surface area (Å²) in [5.74, 6) is -0.0689. The Morgan fingerprint density at radius 3 is 2.60 bits per heavy atom. The highest BCUT2D eigenvalue weighted by atomic mass is 19.4. The summed E-state index contributed by atoms with van der Waals surface area (Å²) < 4.78 is 40.4. The number of aromatic nitrogens is 1. The third-order valence-electron chi connectivity index (χ3n) is 2.87. The first kappa shape index (κ1) is 14.4. The van der Waals surface area contributed by atoms with Gasteiger partial charge in [0.2, 0.25) is 0 Å². The van der Waals surface area contributed by atoms with E-state index in [0.29, 0.717) is 6.42 Å². The van der Waals surface area contributed by atoms with Crippen molar-refractivity contribution in [3.8, 4) is 5.75 Å². The second kappa shape index (κ2) is 5.94. The van der Waals surface area contributed by atoms with Crippen LogP contribution in [0.4, 0.5) is 13.2 Å². The number of hydrogen-bond acceptors (Lipinski definition) is 2. The molecule has 1 heterocycles. The summed E-state index contributed by atoms with van der Waals surface area (Å²) in [5.41, 5.74) is 1.69. The van der Waals surface area contributed by atoms with Crippen LogP contribution in [0.3, 0.4) is 0 Å². The molecule has 0 amide bonds. The van der Waals surface area contributed by atoms with Crippen molar-refractivity contribution >= 4 is 0 Å². The third-order valence-corrected chi connectivity index (χ3v) is 2.87. The Morgan fingerprint density at radius 1 is 1.15 bits per heavy atom. The number of ether oxygens (including phenoxy) is 1. The first-order chi connectivity index (χ1) is 9.44. The van der Waals surface area contributed by atoms with E-state index in [1.165, 1.54) is 12.1 Å². The minimum atomic E-state index is -4.66. The first-order valence-electron chi connectivity index (χ1n) is 6.19. The Labute approximate surface area is 115 Å². The van der Waals surface area contributed by atoms with Crippen molar-refractivity contribution in [2.45, 2.75) is 25.6 Å². The van der Waals surface area contributed by atoms with Crippen LogP contribution in [0, 0.1) is 0 Å². The predicted molar refractivity (Wildman–Crippen MR) is 69.5 cm³/mol. The molecule has 0 N–H and O–H groups in total. The molecule has 2 nitrogen and oxygen atoms in total. The Balaban J connectivity index is 2.08. The summed E-state index contributed by atoms with van der Waals surface area (Å²) >= 11 is 0. The summed E-state index contributed by atoms with van der Waals surface area (Å²) in [6.45, 7) is 1.99. The summed E-state index contributed by atoms with van der Waals surface area (Å²) in [4.78, 5) is 4.25. The van der Waals surface area contributed by atoms with E-state index in [1.807, 2.05) is 25.1 Å². The van der Waals surface area contributed by atoms with Crippen molar-refractivity contribution in [2.24, 2.45) is 0 Å². The molecule has 0 radical (unpaired) electrons. The minimum Gasteiger partial charge on any atom is -0.406 e. The van der Waals surface area contributed by atoms with Crippen LogP contribution < -0.4 is 4.74 Å². The molecule has 1 aromatic carbocycles. The molecule has 0 fully saturated rings. The van der Waals surface area contributed by atoms with E-state index in [0.717, 1.165) is 11.3 Å². The molecule has 0 aliphatic carbocycles. The molecule has 0 saturated heterocycles. The molecule has 1 unspecified atom stereocenters. The van der Waals surface area contributed by atoms with Crippen LogP contribution in [0.1, 0.15) is 24.1 Å². The van der Waals surface area contributed by atoms with Crippen LogP contribution in [-0.4, -0.2) is 11.3 Å². The van der Waals surface area contributed by atoms with Gasteiger partial charge in [-0.3, -0.25) is 4.98 Å². The van der Waals surface area contributed by atoms with Gasteiger partial charge in [-0.15, -0.1) is 13.2 Å². The van der Waals surface area contributed by atoms with Crippen LogP contribution >= 0.6 is 0 Å². The van der Waals surface area contributed by atoms with E-state index < -0.39 is 6.36 Å². The molecule has 0 aliphatic rings. The zero-order valence-electron chi connectivity index (χ0n) is 10.9. The van der Waals surface area contributed by atoms with Crippen LogP contribution in [0.5, 0.6) is 5.75 Å². The van der Waals surface area contributed by atoms with Crippen LogP contribution in [0.25, 0.3) is 0 Å². The number of pyridine rings is 1. The summed E-state index contributed by atoms with van der Waals surface area (Å²) in [5, 5.41) is 0. The molecular formula is C15H14F3NO. The lowest BCUT2D eigenvalue weighted by Crippen LogP contribution is -2.17. The Hall–Kier alpha value is -2.04. The predicted octanol–water partition coefficient (Wildman–Crippen LogP) is 4.33. The molecule has 2 aromatic rings. The Morgan fingerprint density at radius 2 is 1.95 bits per heavy atom. The van der Waals surface area contributed by atoms with Crippen LogP contribution in [-0.2, 0) is 6.42 Å². The zero-order valence-corrected chi connectivity index (χ0v) is 10.9. The maximum absolute atomic E-state index is 12.2. The number of alkyl halides is 3. The van der Waals surface area contributed by atoms with Crippen molar-refractivity contribution in [1.82, 2.24) is 4.98 Å². The van der Waals surface area contributed by atoms with Gasteiger partial charge in [0.15, 0.2) is 0 Å². The Kier molecular flexibility index (Phi) is 4.27. The second-order valence-electron chi connectivity index (χ2n) is 4.55. The molecular weight excluding hydrogens is 267 g/mol. The fraction of sp³-hybridized carbons (Fsp3) is 0.267. The molecule has 20 heavy (non-hydrogen) atoms. The van der Waals surface area contributed by atoms with E-state index in [9.17, 15) is 13.2 Å².